The average Bonchev–Trinajstić information content (AvgIpc) is 3.22. The topological polar surface area (TPSA) is 85.3 Å². The molecule has 0 saturated heterocycles. The zero-order valence-corrected chi connectivity index (χ0v) is 15.7. The molecule has 0 aliphatic carbocycles. The molecular formula is C18H22N4O3S. The summed E-state index contributed by atoms with van der Waals surface area (Å²) < 4.78 is 6.85. The zero-order valence-electron chi connectivity index (χ0n) is 14.9. The third-order valence-corrected chi connectivity index (χ3v) is 5.04. The summed E-state index contributed by atoms with van der Waals surface area (Å²) in [4.78, 5) is 24.9. The second kappa shape index (κ2) is 8.27. The molecule has 138 valence electrons. The molecule has 0 bridgehead atoms. The van der Waals surface area contributed by atoms with Crippen molar-refractivity contribution in [3.05, 3.63) is 41.1 Å². The fraction of sp³-hybridized carbons (Fsp3) is 0.389. The molecule has 2 N–H and O–H groups in total. The van der Waals surface area contributed by atoms with Crippen LogP contribution in [0.25, 0.3) is 0 Å². The molecule has 0 spiro atoms. The van der Waals surface area contributed by atoms with Crippen molar-refractivity contribution in [3.63, 3.8) is 0 Å². The first-order valence-corrected chi connectivity index (χ1v) is 9.66. The smallest absolute Gasteiger partial charge is 0.260 e. The molecule has 2 heterocycles. The molecule has 3 rings (SSSR count). The lowest BCUT2D eigenvalue weighted by Gasteiger charge is -2.12. The number of nitrogens with one attached hydrogen (secondary N) is 2. The number of hydrogen-bond donors (Lipinski definition) is 2. The minimum atomic E-state index is -0.280. The highest BCUT2D eigenvalue weighted by Crippen LogP contribution is 2.35. The van der Waals surface area contributed by atoms with E-state index in [4.69, 9.17) is 4.74 Å². The summed E-state index contributed by atoms with van der Waals surface area (Å²) in [5.41, 5.74) is 2.35. The Kier molecular flexibility index (Phi) is 5.82. The summed E-state index contributed by atoms with van der Waals surface area (Å²) in [6.07, 6.45) is 0.870. The van der Waals surface area contributed by atoms with Crippen LogP contribution in [0.5, 0.6) is 5.75 Å². The number of thioether (sulfide) groups is 1. The first kappa shape index (κ1) is 18.3. The monoisotopic (exact) mass is 374 g/mol. The van der Waals surface area contributed by atoms with Gasteiger partial charge in [-0.1, -0.05) is 19.1 Å². The summed E-state index contributed by atoms with van der Waals surface area (Å²) in [5, 5.41) is 10.3. The van der Waals surface area contributed by atoms with Gasteiger partial charge >= 0.3 is 0 Å². The van der Waals surface area contributed by atoms with E-state index in [0.29, 0.717) is 23.7 Å². The number of hydrogen-bond acceptors (Lipinski definition) is 5. The minimum Gasteiger partial charge on any atom is -0.496 e. The van der Waals surface area contributed by atoms with E-state index in [1.807, 2.05) is 13.0 Å². The summed E-state index contributed by atoms with van der Waals surface area (Å²) in [6.45, 7) is 2.70. The number of anilines is 1. The predicted molar refractivity (Wildman–Crippen MR) is 101 cm³/mol. The van der Waals surface area contributed by atoms with Crippen molar-refractivity contribution >= 4 is 29.4 Å². The fourth-order valence-electron chi connectivity index (χ4n) is 2.78. The number of methoxy groups -OCH3 is 1. The Morgan fingerprint density at radius 2 is 2.12 bits per heavy atom. The number of carbonyl (C=O) groups excluding carboxylic acids is 2. The highest BCUT2D eigenvalue weighted by Gasteiger charge is 2.25. The van der Waals surface area contributed by atoms with Crippen LogP contribution in [0.2, 0.25) is 0 Å². The van der Waals surface area contributed by atoms with Crippen LogP contribution in [0.3, 0.4) is 0 Å². The van der Waals surface area contributed by atoms with Crippen LogP contribution in [0, 0.1) is 0 Å². The Hall–Kier alpha value is -2.48. The number of para-hydroxylation sites is 1. The Bertz CT molecular complexity index is 819. The number of amides is 2. The van der Waals surface area contributed by atoms with Crippen molar-refractivity contribution < 1.29 is 14.3 Å². The van der Waals surface area contributed by atoms with Crippen molar-refractivity contribution in [3.8, 4) is 5.75 Å². The predicted octanol–water partition coefficient (Wildman–Crippen LogP) is 2.42. The summed E-state index contributed by atoms with van der Waals surface area (Å²) in [7, 11) is 1.53. The van der Waals surface area contributed by atoms with Gasteiger partial charge < -0.3 is 15.4 Å². The van der Waals surface area contributed by atoms with Gasteiger partial charge in [0.1, 0.15) is 18.1 Å². The van der Waals surface area contributed by atoms with Gasteiger partial charge in [0.05, 0.1) is 18.4 Å². The van der Waals surface area contributed by atoms with Crippen LogP contribution in [-0.4, -0.2) is 35.2 Å². The molecule has 0 unspecified atom stereocenters. The Morgan fingerprint density at radius 3 is 2.88 bits per heavy atom. The third kappa shape index (κ3) is 3.85. The highest BCUT2D eigenvalue weighted by molar-refractivity contribution is 7.98. The first-order chi connectivity index (χ1) is 12.6. The maximum Gasteiger partial charge on any atom is 0.260 e. The number of carbonyl (C=O) groups is 2. The number of ether oxygens (including phenoxy) is 1. The molecule has 26 heavy (non-hydrogen) atoms. The number of rotatable bonds is 7. The Morgan fingerprint density at radius 1 is 1.31 bits per heavy atom. The van der Waals surface area contributed by atoms with Crippen molar-refractivity contribution in [1.82, 2.24) is 15.1 Å². The standard InChI is InChI=1S/C18H22N4O3S/c1-3-8-19-16(23)9-22-17(13-10-26-11-14(13)21-22)20-18(24)12-6-4-5-7-15(12)25-2/h4-7H,3,8-11H2,1-2H3,(H,19,23)(H,20,24). The van der Waals surface area contributed by atoms with Crippen LogP contribution in [0.1, 0.15) is 35.0 Å². The minimum absolute atomic E-state index is 0.0825. The van der Waals surface area contributed by atoms with E-state index in [0.717, 1.165) is 29.2 Å². The molecule has 0 saturated carbocycles. The van der Waals surface area contributed by atoms with Gasteiger partial charge in [-0.3, -0.25) is 9.59 Å². The lowest BCUT2D eigenvalue weighted by atomic mass is 10.2. The number of benzene rings is 1. The van der Waals surface area contributed by atoms with Gasteiger partial charge in [0.2, 0.25) is 5.91 Å². The largest absolute Gasteiger partial charge is 0.496 e. The normalized spacial score (nSPS) is 12.5. The molecule has 0 fully saturated rings. The van der Waals surface area contributed by atoms with Gasteiger partial charge in [-0.15, -0.1) is 0 Å². The van der Waals surface area contributed by atoms with Crippen LogP contribution in [0.4, 0.5) is 5.82 Å². The average molecular weight is 374 g/mol. The van der Waals surface area contributed by atoms with Crippen molar-refractivity contribution in [1.29, 1.82) is 0 Å². The van der Waals surface area contributed by atoms with Gasteiger partial charge in [-0.05, 0) is 18.6 Å². The van der Waals surface area contributed by atoms with E-state index >= 15 is 0 Å². The van der Waals surface area contributed by atoms with Gasteiger partial charge in [-0.2, -0.15) is 16.9 Å². The maximum atomic E-state index is 12.8. The second-order valence-electron chi connectivity index (χ2n) is 5.93. The third-order valence-electron chi connectivity index (χ3n) is 4.07. The lowest BCUT2D eigenvalue weighted by Crippen LogP contribution is -2.29. The van der Waals surface area contributed by atoms with Crippen LogP contribution < -0.4 is 15.4 Å². The molecule has 7 nitrogen and oxygen atoms in total. The van der Waals surface area contributed by atoms with Gasteiger partial charge in [0, 0.05) is 23.6 Å². The number of nitrogens with zero attached hydrogens (tertiary/aromatic N) is 2. The molecule has 8 heteroatoms. The molecular weight excluding hydrogens is 352 g/mol. The van der Waals surface area contributed by atoms with Gasteiger partial charge in [-0.25, -0.2) is 4.68 Å². The SMILES string of the molecule is CCCNC(=O)Cn1nc2c(c1NC(=O)c1ccccc1OC)CSC2. The van der Waals surface area contributed by atoms with Gasteiger partial charge in [0.25, 0.3) is 5.91 Å². The highest BCUT2D eigenvalue weighted by atomic mass is 32.2. The summed E-state index contributed by atoms with van der Waals surface area (Å²) in [6, 6.07) is 7.04. The zero-order chi connectivity index (χ0) is 18.5. The molecule has 2 amide bonds. The second-order valence-corrected chi connectivity index (χ2v) is 6.91. The van der Waals surface area contributed by atoms with E-state index in [1.165, 1.54) is 7.11 Å². The quantitative estimate of drug-likeness (QED) is 0.777. The molecule has 2 aromatic rings. The number of aromatic nitrogens is 2. The molecule has 1 aromatic heterocycles. The summed E-state index contributed by atoms with van der Waals surface area (Å²) in [5.74, 6) is 2.25. The molecule has 0 atom stereocenters. The van der Waals surface area contributed by atoms with Crippen molar-refractivity contribution in [2.75, 3.05) is 19.0 Å². The molecule has 0 radical (unpaired) electrons. The number of fused-ring (bicyclic) bond motifs is 1. The Labute approximate surface area is 156 Å². The van der Waals surface area contributed by atoms with Crippen molar-refractivity contribution in [2.24, 2.45) is 0 Å². The molecule has 1 aliphatic heterocycles. The van der Waals surface area contributed by atoms with E-state index in [-0.39, 0.29) is 18.4 Å². The van der Waals surface area contributed by atoms with Gasteiger partial charge in [0.15, 0.2) is 0 Å². The van der Waals surface area contributed by atoms with E-state index in [2.05, 4.69) is 15.7 Å². The molecule has 1 aliphatic rings. The fourth-order valence-corrected chi connectivity index (χ4v) is 3.82. The maximum absolute atomic E-state index is 12.8. The van der Waals surface area contributed by atoms with Crippen LogP contribution in [-0.2, 0) is 22.8 Å². The lowest BCUT2D eigenvalue weighted by molar-refractivity contribution is -0.121. The van der Waals surface area contributed by atoms with Crippen molar-refractivity contribution in [2.45, 2.75) is 31.4 Å². The van der Waals surface area contributed by atoms with Crippen LogP contribution >= 0.6 is 11.8 Å². The summed E-state index contributed by atoms with van der Waals surface area (Å²) >= 11 is 1.74. The van der Waals surface area contributed by atoms with Crippen LogP contribution in [0.15, 0.2) is 24.3 Å². The van der Waals surface area contributed by atoms with E-state index in [9.17, 15) is 9.59 Å². The van der Waals surface area contributed by atoms with E-state index < -0.39 is 0 Å². The Balaban J connectivity index is 1.84. The molecule has 1 aromatic carbocycles. The first-order valence-electron chi connectivity index (χ1n) is 8.51. The van der Waals surface area contributed by atoms with E-state index in [1.54, 1.807) is 34.6 Å².